The van der Waals surface area contributed by atoms with Crippen molar-refractivity contribution in [3.05, 3.63) is 59.1 Å². The summed E-state index contributed by atoms with van der Waals surface area (Å²) in [6.07, 6.45) is 0.759. The number of nitrogens with zero attached hydrogens (tertiary/aromatic N) is 4. The van der Waals surface area contributed by atoms with Crippen molar-refractivity contribution in [3.63, 3.8) is 0 Å². The Labute approximate surface area is 166 Å². The number of anilines is 1. The van der Waals surface area contributed by atoms with Gasteiger partial charge in [0.05, 0.1) is 12.2 Å². The second kappa shape index (κ2) is 9.09. The fraction of sp³-hybridized carbons (Fsp3) is 0.211. The van der Waals surface area contributed by atoms with Gasteiger partial charge in [0, 0.05) is 16.3 Å². The van der Waals surface area contributed by atoms with Crippen molar-refractivity contribution >= 4 is 29.2 Å². The molecule has 0 atom stereocenters. The average Bonchev–Trinajstić information content (AvgIpc) is 3.15. The molecule has 1 aromatic heterocycles. The van der Waals surface area contributed by atoms with Crippen molar-refractivity contribution in [2.24, 2.45) is 0 Å². The van der Waals surface area contributed by atoms with E-state index in [9.17, 15) is 9.59 Å². The number of nitrogens with one attached hydrogen (secondary N) is 1. The van der Waals surface area contributed by atoms with Crippen LogP contribution in [0.2, 0.25) is 5.02 Å². The standard InChI is InChI=1S/C19H18ClN5O3/c1-2-10-28-19(27)13-6-8-16(9-7-13)21-17(26)12-25-23-18(22-24-25)14-4-3-5-15(20)11-14/h3-9,11H,2,10,12H2,1H3,(H,21,26). The number of hydrogen-bond donors (Lipinski definition) is 1. The van der Waals surface area contributed by atoms with Crippen LogP contribution in [0.4, 0.5) is 5.69 Å². The third kappa shape index (κ3) is 5.14. The predicted octanol–water partition coefficient (Wildman–Crippen LogP) is 3.20. The van der Waals surface area contributed by atoms with Crippen LogP contribution >= 0.6 is 11.6 Å². The smallest absolute Gasteiger partial charge is 0.338 e. The van der Waals surface area contributed by atoms with Gasteiger partial charge < -0.3 is 10.1 Å². The van der Waals surface area contributed by atoms with Crippen LogP contribution in [0.15, 0.2) is 48.5 Å². The molecule has 0 aliphatic heterocycles. The zero-order valence-electron chi connectivity index (χ0n) is 15.1. The second-order valence-electron chi connectivity index (χ2n) is 5.92. The molecule has 1 heterocycles. The van der Waals surface area contributed by atoms with E-state index in [1.807, 2.05) is 6.92 Å². The van der Waals surface area contributed by atoms with E-state index in [2.05, 4.69) is 20.7 Å². The Morgan fingerprint density at radius 3 is 2.68 bits per heavy atom. The van der Waals surface area contributed by atoms with Crippen LogP contribution in [0.1, 0.15) is 23.7 Å². The van der Waals surface area contributed by atoms with Gasteiger partial charge in [-0.2, -0.15) is 4.80 Å². The zero-order valence-corrected chi connectivity index (χ0v) is 15.9. The summed E-state index contributed by atoms with van der Waals surface area (Å²) >= 11 is 5.96. The summed E-state index contributed by atoms with van der Waals surface area (Å²) < 4.78 is 5.06. The molecule has 0 saturated heterocycles. The molecule has 0 bridgehead atoms. The van der Waals surface area contributed by atoms with Crippen molar-refractivity contribution < 1.29 is 14.3 Å². The molecular formula is C19H18ClN5O3. The van der Waals surface area contributed by atoms with E-state index in [4.69, 9.17) is 16.3 Å². The van der Waals surface area contributed by atoms with Crippen molar-refractivity contribution in [1.82, 2.24) is 20.2 Å². The van der Waals surface area contributed by atoms with E-state index < -0.39 is 0 Å². The Balaban J connectivity index is 1.58. The summed E-state index contributed by atoms with van der Waals surface area (Å²) in [6, 6.07) is 13.5. The maximum Gasteiger partial charge on any atom is 0.338 e. The van der Waals surface area contributed by atoms with Crippen LogP contribution in [-0.4, -0.2) is 38.7 Å². The Bertz CT molecular complexity index is 972. The minimum atomic E-state index is -0.389. The molecule has 1 amide bonds. The molecule has 28 heavy (non-hydrogen) atoms. The number of aromatic nitrogens is 4. The zero-order chi connectivity index (χ0) is 19.9. The molecule has 1 N–H and O–H groups in total. The maximum absolute atomic E-state index is 12.2. The molecule has 0 aliphatic rings. The molecule has 3 aromatic rings. The predicted molar refractivity (Wildman–Crippen MR) is 104 cm³/mol. The first-order chi connectivity index (χ1) is 13.5. The summed E-state index contributed by atoms with van der Waals surface area (Å²) in [6.45, 7) is 2.20. The molecule has 2 aromatic carbocycles. The lowest BCUT2D eigenvalue weighted by atomic mass is 10.2. The summed E-state index contributed by atoms with van der Waals surface area (Å²) in [7, 11) is 0. The monoisotopic (exact) mass is 399 g/mol. The van der Waals surface area contributed by atoms with Gasteiger partial charge in [-0.15, -0.1) is 10.2 Å². The molecule has 0 unspecified atom stereocenters. The normalized spacial score (nSPS) is 10.5. The van der Waals surface area contributed by atoms with Gasteiger partial charge in [-0.1, -0.05) is 30.7 Å². The molecular weight excluding hydrogens is 382 g/mol. The minimum Gasteiger partial charge on any atom is -0.462 e. The summed E-state index contributed by atoms with van der Waals surface area (Å²) in [5.74, 6) is -0.332. The lowest BCUT2D eigenvalue weighted by molar-refractivity contribution is -0.117. The van der Waals surface area contributed by atoms with Crippen LogP contribution in [0, 0.1) is 0 Å². The SMILES string of the molecule is CCCOC(=O)c1ccc(NC(=O)Cn2nnc(-c3cccc(Cl)c3)n2)cc1. The molecule has 8 nitrogen and oxygen atoms in total. The summed E-state index contributed by atoms with van der Waals surface area (Å²) in [5, 5.41) is 15.3. The van der Waals surface area contributed by atoms with E-state index >= 15 is 0 Å². The first-order valence-corrected chi connectivity index (χ1v) is 9.03. The Hall–Kier alpha value is -3.26. The minimum absolute atomic E-state index is 0.103. The highest BCUT2D eigenvalue weighted by molar-refractivity contribution is 6.30. The number of hydrogen-bond acceptors (Lipinski definition) is 6. The number of benzene rings is 2. The molecule has 9 heteroatoms. The number of carbonyl (C=O) groups is 2. The van der Waals surface area contributed by atoms with Crippen LogP contribution in [0.3, 0.4) is 0 Å². The summed E-state index contributed by atoms with van der Waals surface area (Å²) in [4.78, 5) is 25.2. The van der Waals surface area contributed by atoms with Gasteiger partial charge >= 0.3 is 5.97 Å². The number of amides is 1. The molecule has 0 spiro atoms. The van der Waals surface area contributed by atoms with E-state index in [0.29, 0.717) is 34.3 Å². The Morgan fingerprint density at radius 2 is 1.96 bits per heavy atom. The lowest BCUT2D eigenvalue weighted by Gasteiger charge is -2.06. The Morgan fingerprint density at radius 1 is 1.18 bits per heavy atom. The van der Waals surface area contributed by atoms with Crippen LogP contribution in [-0.2, 0) is 16.1 Å². The third-order valence-electron chi connectivity index (χ3n) is 3.66. The second-order valence-corrected chi connectivity index (χ2v) is 6.35. The van der Waals surface area contributed by atoms with Crippen LogP contribution in [0.5, 0.6) is 0 Å². The number of tetrazole rings is 1. The van der Waals surface area contributed by atoms with Gasteiger partial charge in [0.1, 0.15) is 6.54 Å². The molecule has 144 valence electrons. The number of esters is 1. The van der Waals surface area contributed by atoms with E-state index in [-0.39, 0.29) is 18.4 Å². The van der Waals surface area contributed by atoms with Crippen molar-refractivity contribution in [3.8, 4) is 11.4 Å². The molecule has 0 fully saturated rings. The fourth-order valence-corrected chi connectivity index (χ4v) is 2.54. The van der Waals surface area contributed by atoms with Gasteiger partial charge in [-0.3, -0.25) is 4.79 Å². The van der Waals surface area contributed by atoms with Gasteiger partial charge in [-0.25, -0.2) is 4.79 Å². The molecule has 3 rings (SSSR count). The Kier molecular flexibility index (Phi) is 6.33. The number of halogens is 1. The first-order valence-electron chi connectivity index (χ1n) is 8.66. The lowest BCUT2D eigenvalue weighted by Crippen LogP contribution is -2.20. The van der Waals surface area contributed by atoms with Crippen molar-refractivity contribution in [2.75, 3.05) is 11.9 Å². The maximum atomic E-state index is 12.2. The van der Waals surface area contributed by atoms with E-state index in [0.717, 1.165) is 6.42 Å². The average molecular weight is 400 g/mol. The third-order valence-corrected chi connectivity index (χ3v) is 3.90. The van der Waals surface area contributed by atoms with Crippen LogP contribution in [0.25, 0.3) is 11.4 Å². The fourth-order valence-electron chi connectivity index (χ4n) is 2.35. The van der Waals surface area contributed by atoms with Crippen molar-refractivity contribution in [2.45, 2.75) is 19.9 Å². The van der Waals surface area contributed by atoms with Gasteiger partial charge in [0.15, 0.2) is 0 Å². The number of rotatable bonds is 7. The first kappa shape index (κ1) is 19.5. The number of carbonyl (C=O) groups excluding carboxylic acids is 2. The largest absolute Gasteiger partial charge is 0.462 e. The molecule has 0 aliphatic carbocycles. The van der Waals surface area contributed by atoms with E-state index in [1.165, 1.54) is 4.80 Å². The quantitative estimate of drug-likeness (QED) is 0.612. The molecule has 0 saturated carbocycles. The summed E-state index contributed by atoms with van der Waals surface area (Å²) in [5.41, 5.74) is 1.69. The number of ether oxygens (including phenoxy) is 1. The van der Waals surface area contributed by atoms with Crippen LogP contribution < -0.4 is 5.32 Å². The van der Waals surface area contributed by atoms with Gasteiger partial charge in [0.25, 0.3) is 0 Å². The highest BCUT2D eigenvalue weighted by atomic mass is 35.5. The highest BCUT2D eigenvalue weighted by Gasteiger charge is 2.11. The topological polar surface area (TPSA) is 99.0 Å². The highest BCUT2D eigenvalue weighted by Crippen LogP contribution is 2.18. The van der Waals surface area contributed by atoms with Crippen molar-refractivity contribution in [1.29, 1.82) is 0 Å². The van der Waals surface area contributed by atoms with Gasteiger partial charge in [-0.05, 0) is 48.0 Å². The molecule has 0 radical (unpaired) electrons. The van der Waals surface area contributed by atoms with E-state index in [1.54, 1.807) is 48.5 Å². The van der Waals surface area contributed by atoms with Gasteiger partial charge in [0.2, 0.25) is 11.7 Å².